The molecule has 94 valence electrons. The fourth-order valence-electron chi connectivity index (χ4n) is 0.694. The van der Waals surface area contributed by atoms with Crippen LogP contribution in [0.1, 0.15) is 6.92 Å². The van der Waals surface area contributed by atoms with Gasteiger partial charge in [0.2, 0.25) is 0 Å². The Hall–Kier alpha value is -0.680. The van der Waals surface area contributed by atoms with E-state index >= 15 is 0 Å². The molecule has 0 aromatic rings. The summed E-state index contributed by atoms with van der Waals surface area (Å²) < 4.78 is 16.7. The number of carbonyl (C=O) groups is 1. The second-order valence-electron chi connectivity index (χ2n) is 4.59. The lowest BCUT2D eigenvalue weighted by Crippen LogP contribution is -2.37. The Balaban J connectivity index is 4.12. The number of amides is 1. The van der Waals surface area contributed by atoms with Crippen molar-refractivity contribution in [3.8, 4) is 0 Å². The highest BCUT2D eigenvalue weighted by Gasteiger charge is 2.23. The van der Waals surface area contributed by atoms with Crippen molar-refractivity contribution in [3.05, 3.63) is 12.2 Å². The molecule has 0 spiro atoms. The van der Waals surface area contributed by atoms with Gasteiger partial charge in [-0.25, -0.2) is 4.57 Å². The van der Waals surface area contributed by atoms with Crippen LogP contribution in [0.15, 0.2) is 12.2 Å². The zero-order valence-corrected chi connectivity index (χ0v) is 11.1. The molecule has 0 radical (unpaired) electrons. The first-order valence-electron chi connectivity index (χ1n) is 4.79. The third-order valence-corrected chi connectivity index (χ3v) is 2.68. The Bertz CT molecular complexity index is 322. The quantitative estimate of drug-likeness (QED) is 0.409. The van der Waals surface area contributed by atoms with E-state index in [0.29, 0.717) is 11.0 Å². The minimum Gasteiger partial charge on any atom is -0.329 e. The van der Waals surface area contributed by atoms with Gasteiger partial charge in [0.15, 0.2) is 0 Å². The number of nitrogens with zero attached hydrogens (tertiary/aromatic N) is 1. The summed E-state index contributed by atoms with van der Waals surface area (Å²) in [5.74, 6) is -0.684. The summed E-state index contributed by atoms with van der Waals surface area (Å²) in [7, 11) is 1.73. The molecule has 0 bridgehead atoms. The highest BCUT2D eigenvalue weighted by atomic mass is 31.2. The van der Waals surface area contributed by atoms with E-state index in [4.69, 9.17) is 4.52 Å². The monoisotopic (exact) mass is 251 g/mol. The van der Waals surface area contributed by atoms with Crippen LogP contribution in [0.2, 0.25) is 0 Å². The number of quaternary nitrogens is 1. The number of hydrogen-bond donors (Lipinski definition) is 2. The van der Waals surface area contributed by atoms with Crippen LogP contribution in [-0.4, -0.2) is 49.6 Å². The Morgan fingerprint density at radius 1 is 1.50 bits per heavy atom. The predicted octanol–water partition coefficient (Wildman–Crippen LogP) is 0.502. The Morgan fingerprint density at radius 2 is 2.00 bits per heavy atom. The average molecular weight is 251 g/mol. The molecule has 2 N–H and O–H groups in total. The van der Waals surface area contributed by atoms with Gasteiger partial charge in [-0.3, -0.25) is 14.4 Å². The largest absolute Gasteiger partial charge is 0.432 e. The molecule has 0 aliphatic heterocycles. The molecule has 1 atom stereocenters. The summed E-state index contributed by atoms with van der Waals surface area (Å²) in [6, 6.07) is 0. The van der Waals surface area contributed by atoms with Gasteiger partial charge in [0.1, 0.15) is 13.2 Å². The lowest BCUT2D eigenvalue weighted by molar-refractivity contribution is -0.870. The van der Waals surface area contributed by atoms with E-state index in [1.54, 1.807) is 0 Å². The third kappa shape index (κ3) is 7.59. The molecule has 0 aromatic carbocycles. The van der Waals surface area contributed by atoms with E-state index in [0.717, 1.165) is 0 Å². The van der Waals surface area contributed by atoms with Gasteiger partial charge in [-0.15, -0.1) is 0 Å². The fraction of sp³-hybridized carbons (Fsp3) is 0.667. The highest BCUT2D eigenvalue weighted by Crippen LogP contribution is 2.36. The Kier molecular flexibility index (Phi) is 5.35. The molecular weight excluding hydrogens is 231 g/mol. The van der Waals surface area contributed by atoms with Crippen LogP contribution >= 0.6 is 7.75 Å². The van der Waals surface area contributed by atoms with E-state index < -0.39 is 13.7 Å². The minimum atomic E-state index is -4.06. The molecule has 0 saturated heterocycles. The van der Waals surface area contributed by atoms with E-state index in [1.807, 2.05) is 26.2 Å². The van der Waals surface area contributed by atoms with E-state index in [2.05, 4.69) is 6.58 Å². The first-order chi connectivity index (χ1) is 7.03. The van der Waals surface area contributed by atoms with Crippen molar-refractivity contribution >= 4 is 13.7 Å². The maximum atomic E-state index is 11.4. The van der Waals surface area contributed by atoms with Gasteiger partial charge in [0, 0.05) is 5.57 Å². The van der Waals surface area contributed by atoms with Gasteiger partial charge in [0.05, 0.1) is 21.1 Å². The summed E-state index contributed by atoms with van der Waals surface area (Å²) in [5, 5.41) is 1.89. The maximum Gasteiger partial charge on any atom is 0.432 e. The average Bonchev–Trinajstić information content (AvgIpc) is 1.99. The molecule has 0 aromatic heterocycles. The molecule has 7 heteroatoms. The fourth-order valence-corrected chi connectivity index (χ4v) is 1.54. The second-order valence-corrected chi connectivity index (χ2v) is 6.11. The van der Waals surface area contributed by atoms with Crippen LogP contribution in [0.5, 0.6) is 0 Å². The molecule has 1 amide bonds. The second kappa shape index (κ2) is 5.59. The molecule has 0 aliphatic rings. The van der Waals surface area contributed by atoms with Crippen molar-refractivity contribution in [2.45, 2.75) is 6.92 Å². The standard InChI is InChI=1S/C9H19N2O4P/c1-8(2)9(12)10-16(13,14)15-7-6-11(3,4)5/h1,6-7H2,2-5H3,(H-,10,12,13,14)/p+1. The van der Waals surface area contributed by atoms with Gasteiger partial charge in [-0.05, 0) is 6.92 Å². The number of likely N-dealkylation sites (N-methyl/N-ethyl adjacent to an activating group) is 1. The molecule has 0 rings (SSSR count). The van der Waals surface area contributed by atoms with Crippen molar-refractivity contribution in [2.24, 2.45) is 0 Å². The van der Waals surface area contributed by atoms with Crippen LogP contribution in [0, 0.1) is 0 Å². The zero-order chi connectivity index (χ0) is 13.0. The maximum absolute atomic E-state index is 11.4. The summed E-state index contributed by atoms with van der Waals surface area (Å²) >= 11 is 0. The number of hydrogen-bond acceptors (Lipinski definition) is 3. The lowest BCUT2D eigenvalue weighted by Gasteiger charge is -2.24. The van der Waals surface area contributed by atoms with Crippen molar-refractivity contribution in [3.63, 3.8) is 0 Å². The van der Waals surface area contributed by atoms with Gasteiger partial charge in [-0.2, -0.15) is 0 Å². The van der Waals surface area contributed by atoms with Crippen LogP contribution in [-0.2, 0) is 13.9 Å². The van der Waals surface area contributed by atoms with E-state index in [9.17, 15) is 14.3 Å². The topological polar surface area (TPSA) is 75.6 Å². The van der Waals surface area contributed by atoms with Gasteiger partial charge >= 0.3 is 7.75 Å². The van der Waals surface area contributed by atoms with Crippen molar-refractivity contribution in [1.82, 2.24) is 5.09 Å². The lowest BCUT2D eigenvalue weighted by atomic mass is 10.3. The molecule has 0 saturated carbocycles. The van der Waals surface area contributed by atoms with E-state index in [-0.39, 0.29) is 12.2 Å². The molecule has 1 unspecified atom stereocenters. The molecular formula is C9H20N2O4P+. The zero-order valence-electron chi connectivity index (χ0n) is 10.2. The van der Waals surface area contributed by atoms with Crippen LogP contribution < -0.4 is 5.09 Å². The molecule has 6 nitrogen and oxygen atoms in total. The summed E-state index contributed by atoms with van der Waals surface area (Å²) in [5.41, 5.74) is 0.157. The van der Waals surface area contributed by atoms with Crippen LogP contribution in [0.25, 0.3) is 0 Å². The third-order valence-electron chi connectivity index (χ3n) is 1.66. The Morgan fingerprint density at radius 3 is 2.38 bits per heavy atom. The molecule has 0 aliphatic carbocycles. The molecule has 16 heavy (non-hydrogen) atoms. The molecule has 0 fully saturated rings. The summed E-state index contributed by atoms with van der Waals surface area (Å²) in [4.78, 5) is 20.4. The van der Waals surface area contributed by atoms with Gasteiger partial charge < -0.3 is 9.38 Å². The number of rotatable bonds is 6. The summed E-state index contributed by atoms with van der Waals surface area (Å²) in [6.45, 7) is 5.46. The summed E-state index contributed by atoms with van der Waals surface area (Å²) in [6.07, 6.45) is 0. The predicted molar refractivity (Wildman–Crippen MR) is 61.6 cm³/mol. The normalized spacial score (nSPS) is 15.3. The SMILES string of the molecule is C=C(C)C(=O)NP(=O)(O)OCC[N+](C)(C)C. The Labute approximate surface area is 96.1 Å². The van der Waals surface area contributed by atoms with Crippen molar-refractivity contribution in [1.29, 1.82) is 0 Å². The van der Waals surface area contributed by atoms with Gasteiger partial charge in [0.25, 0.3) is 5.91 Å². The van der Waals surface area contributed by atoms with Crippen LogP contribution in [0.3, 0.4) is 0 Å². The first-order valence-corrected chi connectivity index (χ1v) is 6.37. The van der Waals surface area contributed by atoms with E-state index in [1.165, 1.54) is 6.92 Å². The molecule has 0 heterocycles. The van der Waals surface area contributed by atoms with Crippen molar-refractivity contribution in [2.75, 3.05) is 34.3 Å². The van der Waals surface area contributed by atoms with Gasteiger partial charge in [-0.1, -0.05) is 6.58 Å². The minimum absolute atomic E-state index is 0.0910. The smallest absolute Gasteiger partial charge is 0.329 e. The first kappa shape index (κ1) is 15.3. The highest BCUT2D eigenvalue weighted by molar-refractivity contribution is 7.51. The van der Waals surface area contributed by atoms with Crippen molar-refractivity contribution < 1.29 is 23.3 Å². The van der Waals surface area contributed by atoms with Crippen LogP contribution in [0.4, 0.5) is 0 Å². The number of nitrogens with one attached hydrogen (secondary N) is 1. The number of carbonyl (C=O) groups excluding carboxylic acids is 1.